The zero-order valence-corrected chi connectivity index (χ0v) is 11.3. The van der Waals surface area contributed by atoms with Crippen molar-refractivity contribution in [3.8, 4) is 5.75 Å². The number of hydrogen-bond donors (Lipinski definition) is 2. The number of amides is 1. The summed E-state index contributed by atoms with van der Waals surface area (Å²) >= 11 is 0. The van der Waals surface area contributed by atoms with E-state index in [0.717, 1.165) is 11.1 Å². The number of nitrogens with two attached hydrogens (primary N) is 1. The molecule has 5 nitrogen and oxygen atoms in total. The van der Waals surface area contributed by atoms with Gasteiger partial charge in [-0.25, -0.2) is 0 Å². The number of fused-ring (bicyclic) bond motifs is 1. The Morgan fingerprint density at radius 3 is 2.79 bits per heavy atom. The Morgan fingerprint density at radius 1 is 1.42 bits per heavy atom. The van der Waals surface area contributed by atoms with Gasteiger partial charge >= 0.3 is 0 Å². The van der Waals surface area contributed by atoms with E-state index in [1.165, 1.54) is 0 Å². The summed E-state index contributed by atoms with van der Waals surface area (Å²) in [4.78, 5) is 11.0. The maximum absolute atomic E-state index is 11.0. The molecule has 2 aromatic rings. The number of hydrogen-bond acceptors (Lipinski definition) is 4. The van der Waals surface area contributed by atoms with Crippen molar-refractivity contribution < 1.29 is 13.9 Å². The Labute approximate surface area is 111 Å². The highest BCUT2D eigenvalue weighted by Crippen LogP contribution is 2.30. The molecule has 1 aromatic heterocycles. The van der Waals surface area contributed by atoms with Crippen LogP contribution < -0.4 is 15.8 Å². The molecule has 5 heteroatoms. The van der Waals surface area contributed by atoms with Gasteiger partial charge in [0.2, 0.25) is 5.91 Å². The summed E-state index contributed by atoms with van der Waals surface area (Å²) in [6.07, 6.45) is 0. The lowest BCUT2D eigenvalue weighted by atomic mass is 10.2. The van der Waals surface area contributed by atoms with Gasteiger partial charge in [-0.2, -0.15) is 0 Å². The summed E-state index contributed by atoms with van der Waals surface area (Å²) in [6.45, 7) is 3.64. The number of carbonyl (C=O) groups excluding carboxylic acids is 1. The molecule has 0 bridgehead atoms. The highest BCUT2D eigenvalue weighted by atomic mass is 16.5. The summed E-state index contributed by atoms with van der Waals surface area (Å²) in [7, 11) is 1.60. The van der Waals surface area contributed by atoms with Crippen LogP contribution in [-0.2, 0) is 4.79 Å². The van der Waals surface area contributed by atoms with Crippen molar-refractivity contribution in [1.29, 1.82) is 0 Å². The molecule has 0 spiro atoms. The number of nitrogens with one attached hydrogen (secondary N) is 1. The number of primary amides is 1. The number of benzene rings is 1. The molecule has 2 rings (SSSR count). The summed E-state index contributed by atoms with van der Waals surface area (Å²) < 4.78 is 11.0. The summed E-state index contributed by atoms with van der Waals surface area (Å²) in [5, 5.41) is 4.05. The minimum atomic E-state index is -0.412. The molecule has 0 fully saturated rings. The summed E-state index contributed by atoms with van der Waals surface area (Å²) in [5.74, 6) is 1.05. The fourth-order valence-corrected chi connectivity index (χ4v) is 1.97. The average Bonchev–Trinajstić information content (AvgIpc) is 2.82. The largest absolute Gasteiger partial charge is 0.493 e. The van der Waals surface area contributed by atoms with Crippen molar-refractivity contribution in [2.45, 2.75) is 25.9 Å². The zero-order chi connectivity index (χ0) is 14.0. The number of carbonyl (C=O) groups is 1. The molecule has 1 amide bonds. The molecule has 0 aliphatic carbocycles. The molecular formula is C14H18N2O3. The molecule has 2 atom stereocenters. The van der Waals surface area contributed by atoms with Crippen molar-refractivity contribution >= 4 is 16.9 Å². The van der Waals surface area contributed by atoms with Crippen molar-refractivity contribution in [1.82, 2.24) is 5.32 Å². The molecule has 0 aliphatic rings. The molecule has 0 radical (unpaired) electrons. The Kier molecular flexibility index (Phi) is 3.76. The fraction of sp³-hybridized carbons (Fsp3) is 0.357. The Morgan fingerprint density at radius 2 is 2.16 bits per heavy atom. The van der Waals surface area contributed by atoms with Crippen LogP contribution in [0, 0.1) is 0 Å². The predicted molar refractivity (Wildman–Crippen MR) is 73.0 cm³/mol. The third-order valence-electron chi connectivity index (χ3n) is 3.10. The fourth-order valence-electron chi connectivity index (χ4n) is 1.97. The van der Waals surface area contributed by atoms with E-state index >= 15 is 0 Å². The molecule has 1 aromatic carbocycles. The molecule has 2 unspecified atom stereocenters. The van der Waals surface area contributed by atoms with Crippen molar-refractivity contribution in [2.24, 2.45) is 5.73 Å². The van der Waals surface area contributed by atoms with Crippen LogP contribution in [-0.4, -0.2) is 19.1 Å². The highest BCUT2D eigenvalue weighted by Gasteiger charge is 2.17. The van der Waals surface area contributed by atoms with Crippen LogP contribution in [0.15, 0.2) is 28.7 Å². The summed E-state index contributed by atoms with van der Waals surface area (Å²) in [5.41, 5.74) is 5.94. The van der Waals surface area contributed by atoms with E-state index in [1.54, 1.807) is 14.0 Å². The number of methoxy groups -OCH3 is 1. The SMILES string of the molecule is COc1cccc2cc(C(C)NC(C)C(N)=O)oc12. The molecule has 19 heavy (non-hydrogen) atoms. The maximum atomic E-state index is 11.0. The third-order valence-corrected chi connectivity index (χ3v) is 3.10. The quantitative estimate of drug-likeness (QED) is 0.863. The van der Waals surface area contributed by atoms with Gasteiger partial charge in [0.1, 0.15) is 5.76 Å². The monoisotopic (exact) mass is 262 g/mol. The van der Waals surface area contributed by atoms with E-state index in [2.05, 4.69) is 5.32 Å². The lowest BCUT2D eigenvalue weighted by Crippen LogP contribution is -2.39. The highest BCUT2D eigenvalue weighted by molar-refractivity contribution is 5.84. The van der Waals surface area contributed by atoms with Crippen LogP contribution in [0.5, 0.6) is 5.75 Å². The smallest absolute Gasteiger partial charge is 0.234 e. The van der Waals surface area contributed by atoms with E-state index in [4.69, 9.17) is 14.9 Å². The van der Waals surface area contributed by atoms with E-state index in [0.29, 0.717) is 11.3 Å². The Bertz CT molecular complexity index is 591. The first-order valence-corrected chi connectivity index (χ1v) is 6.14. The Hall–Kier alpha value is -2.01. The van der Waals surface area contributed by atoms with Crippen LogP contribution in [0.1, 0.15) is 25.6 Å². The van der Waals surface area contributed by atoms with Crippen LogP contribution in [0.2, 0.25) is 0 Å². The van der Waals surface area contributed by atoms with Gasteiger partial charge in [-0.1, -0.05) is 12.1 Å². The van der Waals surface area contributed by atoms with Gasteiger partial charge in [0.15, 0.2) is 11.3 Å². The van der Waals surface area contributed by atoms with Crippen LogP contribution in [0.4, 0.5) is 0 Å². The average molecular weight is 262 g/mol. The second-order valence-electron chi connectivity index (χ2n) is 4.54. The molecule has 0 aliphatic heterocycles. The minimum Gasteiger partial charge on any atom is -0.493 e. The standard InChI is InChI=1S/C14H18N2O3/c1-8(16-9(2)14(15)17)12-7-10-5-4-6-11(18-3)13(10)19-12/h4-9,16H,1-3H3,(H2,15,17). The number of para-hydroxylation sites is 1. The van der Waals surface area contributed by atoms with Gasteiger partial charge in [-0.3, -0.25) is 10.1 Å². The first-order chi connectivity index (χ1) is 9.02. The Balaban J connectivity index is 2.28. The van der Waals surface area contributed by atoms with E-state index < -0.39 is 6.04 Å². The van der Waals surface area contributed by atoms with Crippen LogP contribution in [0.3, 0.4) is 0 Å². The molecule has 0 saturated carbocycles. The lowest BCUT2D eigenvalue weighted by Gasteiger charge is -2.15. The van der Waals surface area contributed by atoms with Crippen LogP contribution in [0.25, 0.3) is 11.0 Å². The van der Waals surface area contributed by atoms with Crippen molar-refractivity contribution in [3.63, 3.8) is 0 Å². The van der Waals surface area contributed by atoms with Crippen LogP contribution >= 0.6 is 0 Å². The second-order valence-corrected chi connectivity index (χ2v) is 4.54. The molecule has 3 N–H and O–H groups in total. The van der Waals surface area contributed by atoms with Gasteiger partial charge < -0.3 is 14.9 Å². The van der Waals surface area contributed by atoms with Crippen molar-refractivity contribution in [3.05, 3.63) is 30.0 Å². The van der Waals surface area contributed by atoms with E-state index in [1.807, 2.05) is 31.2 Å². The van der Waals surface area contributed by atoms with E-state index in [-0.39, 0.29) is 11.9 Å². The lowest BCUT2D eigenvalue weighted by molar-refractivity contribution is -0.119. The van der Waals surface area contributed by atoms with Gasteiger partial charge in [0.25, 0.3) is 0 Å². The third kappa shape index (κ3) is 2.71. The summed E-state index contributed by atoms with van der Waals surface area (Å²) in [6, 6.07) is 7.12. The van der Waals surface area contributed by atoms with E-state index in [9.17, 15) is 4.79 Å². The number of rotatable bonds is 5. The number of furan rings is 1. The molecular weight excluding hydrogens is 244 g/mol. The normalized spacial score (nSPS) is 14.3. The van der Waals surface area contributed by atoms with Gasteiger partial charge in [-0.15, -0.1) is 0 Å². The molecule has 102 valence electrons. The first-order valence-electron chi connectivity index (χ1n) is 6.14. The first kappa shape index (κ1) is 13.4. The van der Waals surface area contributed by atoms with Gasteiger partial charge in [-0.05, 0) is 26.0 Å². The van der Waals surface area contributed by atoms with Gasteiger partial charge in [0, 0.05) is 5.39 Å². The molecule has 1 heterocycles. The topological polar surface area (TPSA) is 77.5 Å². The maximum Gasteiger partial charge on any atom is 0.234 e. The minimum absolute atomic E-state index is 0.111. The second kappa shape index (κ2) is 5.32. The predicted octanol–water partition coefficient (Wildman–Crippen LogP) is 1.97. The molecule has 0 saturated heterocycles. The number of ether oxygens (including phenoxy) is 1. The van der Waals surface area contributed by atoms with Gasteiger partial charge in [0.05, 0.1) is 19.2 Å². The van der Waals surface area contributed by atoms with Crippen molar-refractivity contribution in [2.75, 3.05) is 7.11 Å². The zero-order valence-electron chi connectivity index (χ0n) is 11.3.